The molecule has 0 aliphatic heterocycles. The van der Waals surface area contributed by atoms with Crippen molar-refractivity contribution in [2.24, 2.45) is 9.98 Å². The molecule has 0 saturated carbocycles. The Morgan fingerprint density at radius 3 is 1.44 bits per heavy atom. The summed E-state index contributed by atoms with van der Waals surface area (Å²) in [6.07, 6.45) is 3.26. The number of phenols is 2. The van der Waals surface area contributed by atoms with Crippen molar-refractivity contribution in [2.45, 2.75) is 9.88 Å². The zero-order valence-corrected chi connectivity index (χ0v) is 18.6. The number of aliphatic imine (C=N–C) groups is 2. The predicted octanol–water partition coefficient (Wildman–Crippen LogP) is 4.80. The Morgan fingerprint density at radius 1 is 0.800 bits per heavy atom. The molecule has 0 heterocycles. The standard InChI is InChI=1S/C16H16N2O2.2CH3.2ClH.Sn/c19-15-7-3-1-5-13(15)11-17-9-10-18-12-14-6-2-4-8-16(14)20;;;;;/h1-8,11-12,19-20H,9-10H2;2*1H3;2*1H;/q;;;;;+2/p-2. The molecule has 2 rings (SSSR count). The molecule has 0 amide bonds. The van der Waals surface area contributed by atoms with Crippen LogP contribution in [0.4, 0.5) is 0 Å². The van der Waals surface area contributed by atoms with Gasteiger partial charge in [0.25, 0.3) is 0 Å². The molecule has 0 spiro atoms. The normalized spacial score (nSPS) is 11.5. The fourth-order valence-electron chi connectivity index (χ4n) is 1.63. The first-order chi connectivity index (χ1) is 11.8. The average Bonchev–Trinajstić information content (AvgIpc) is 2.52. The third-order valence-electron chi connectivity index (χ3n) is 2.69. The SMILES string of the molecule is Oc1ccccc1C=NCCN=Cc1ccccc1O.[CH3][Sn]([CH3])([Cl])[Cl]. The zero-order valence-electron chi connectivity index (χ0n) is 14.2. The van der Waals surface area contributed by atoms with Crippen LogP contribution >= 0.6 is 17.8 Å². The molecule has 7 heteroatoms. The summed E-state index contributed by atoms with van der Waals surface area (Å²) in [7, 11) is 11.0. The van der Waals surface area contributed by atoms with E-state index in [1.54, 1.807) is 48.8 Å². The Balaban J connectivity index is 0.000000550. The van der Waals surface area contributed by atoms with Gasteiger partial charge in [0, 0.05) is 23.6 Å². The number of aromatic hydroxyl groups is 2. The third-order valence-corrected chi connectivity index (χ3v) is 2.69. The zero-order chi connectivity index (χ0) is 18.7. The van der Waals surface area contributed by atoms with Gasteiger partial charge in [-0.05, 0) is 24.3 Å². The first-order valence-electron chi connectivity index (χ1n) is 7.71. The van der Waals surface area contributed by atoms with Crippen molar-refractivity contribution >= 4 is 46.4 Å². The molecule has 0 unspecified atom stereocenters. The molecular weight excluding hydrogens is 466 g/mol. The quantitative estimate of drug-likeness (QED) is 0.361. The number of halogens is 2. The number of hydrogen-bond acceptors (Lipinski definition) is 4. The van der Waals surface area contributed by atoms with Crippen LogP contribution in [0.1, 0.15) is 11.1 Å². The van der Waals surface area contributed by atoms with E-state index in [2.05, 4.69) is 9.98 Å². The van der Waals surface area contributed by atoms with Crippen molar-refractivity contribution in [2.75, 3.05) is 13.1 Å². The summed E-state index contributed by atoms with van der Waals surface area (Å²) in [4.78, 5) is 12.2. The van der Waals surface area contributed by atoms with E-state index in [4.69, 9.17) is 17.8 Å². The second kappa shape index (κ2) is 11.4. The molecule has 0 aromatic heterocycles. The fraction of sp³-hybridized carbons (Fsp3) is 0.222. The molecule has 0 aliphatic carbocycles. The van der Waals surface area contributed by atoms with Crippen LogP contribution in [0.5, 0.6) is 11.5 Å². The van der Waals surface area contributed by atoms with Crippen molar-refractivity contribution < 1.29 is 10.2 Å². The molecule has 0 radical (unpaired) electrons. The van der Waals surface area contributed by atoms with Gasteiger partial charge in [0.1, 0.15) is 11.5 Å². The first kappa shape index (κ1) is 21.8. The summed E-state index contributed by atoms with van der Waals surface area (Å²) in [5, 5.41) is 19.1. The number of hydrogen-bond donors (Lipinski definition) is 2. The van der Waals surface area contributed by atoms with Crippen LogP contribution in [0.3, 0.4) is 0 Å². The van der Waals surface area contributed by atoms with Crippen molar-refractivity contribution in [3.63, 3.8) is 0 Å². The second-order valence-corrected chi connectivity index (χ2v) is 27.1. The molecule has 0 aliphatic rings. The number of rotatable bonds is 5. The van der Waals surface area contributed by atoms with Crippen LogP contribution in [0, 0.1) is 0 Å². The van der Waals surface area contributed by atoms with Gasteiger partial charge < -0.3 is 10.2 Å². The van der Waals surface area contributed by atoms with Crippen LogP contribution < -0.4 is 0 Å². The van der Waals surface area contributed by atoms with E-state index in [0.717, 1.165) is 0 Å². The topological polar surface area (TPSA) is 65.2 Å². The molecule has 4 nitrogen and oxygen atoms in total. The van der Waals surface area contributed by atoms with Gasteiger partial charge in [-0.2, -0.15) is 0 Å². The van der Waals surface area contributed by atoms with E-state index in [-0.39, 0.29) is 11.5 Å². The fourth-order valence-corrected chi connectivity index (χ4v) is 1.63. The molecular formula is C18H22Cl2N2O2Sn. The van der Waals surface area contributed by atoms with E-state index in [9.17, 15) is 10.2 Å². The summed E-state index contributed by atoms with van der Waals surface area (Å²) in [5.74, 6) is 0.433. The number of para-hydroxylation sites is 2. The van der Waals surface area contributed by atoms with E-state index >= 15 is 0 Å². The van der Waals surface area contributed by atoms with Gasteiger partial charge in [-0.3, -0.25) is 9.98 Å². The van der Waals surface area contributed by atoms with E-state index in [0.29, 0.717) is 24.2 Å². The molecule has 2 aromatic carbocycles. The third kappa shape index (κ3) is 11.1. The van der Waals surface area contributed by atoms with Crippen LogP contribution in [0.2, 0.25) is 9.88 Å². The summed E-state index contributed by atoms with van der Waals surface area (Å²) in [6.45, 7) is 1.05. The maximum atomic E-state index is 9.54. The van der Waals surface area contributed by atoms with Crippen molar-refractivity contribution in [3.8, 4) is 11.5 Å². The molecule has 2 aromatic rings. The van der Waals surface area contributed by atoms with E-state index < -0.39 is 16.1 Å². The van der Waals surface area contributed by atoms with Crippen LogP contribution in [-0.2, 0) is 0 Å². The Labute approximate surface area is 160 Å². The van der Waals surface area contributed by atoms with Gasteiger partial charge in [-0.1, -0.05) is 24.3 Å². The van der Waals surface area contributed by atoms with Gasteiger partial charge >= 0.3 is 43.8 Å². The first-order valence-corrected chi connectivity index (χ1v) is 20.6. The molecule has 0 bridgehead atoms. The van der Waals surface area contributed by atoms with Gasteiger partial charge in [0.2, 0.25) is 0 Å². The summed E-state index contributed by atoms with van der Waals surface area (Å²) >= 11 is -2.24. The predicted molar refractivity (Wildman–Crippen MR) is 110 cm³/mol. The number of benzene rings is 2. The molecule has 0 atom stereocenters. The second-order valence-electron chi connectivity index (χ2n) is 5.52. The number of phenolic OH excluding ortho intramolecular Hbond substituents is 2. The van der Waals surface area contributed by atoms with Crippen molar-refractivity contribution in [1.82, 2.24) is 0 Å². The summed E-state index contributed by atoms with van der Waals surface area (Å²) in [5.41, 5.74) is 1.38. The summed E-state index contributed by atoms with van der Waals surface area (Å²) in [6, 6.07) is 14.1. The Morgan fingerprint density at radius 2 is 1.12 bits per heavy atom. The minimum absolute atomic E-state index is 0.217. The molecule has 2 N–H and O–H groups in total. The average molecular weight is 488 g/mol. The monoisotopic (exact) mass is 488 g/mol. The van der Waals surface area contributed by atoms with E-state index in [1.165, 1.54) is 0 Å². The van der Waals surface area contributed by atoms with Crippen molar-refractivity contribution in [3.05, 3.63) is 59.7 Å². The van der Waals surface area contributed by atoms with Gasteiger partial charge in [0.05, 0.1) is 13.1 Å². The number of nitrogens with zero attached hydrogens (tertiary/aromatic N) is 2. The van der Waals surface area contributed by atoms with Gasteiger partial charge in [0.15, 0.2) is 0 Å². The van der Waals surface area contributed by atoms with Gasteiger partial charge in [-0.15, -0.1) is 0 Å². The Bertz CT molecular complexity index is 655. The molecule has 25 heavy (non-hydrogen) atoms. The molecule has 0 fully saturated rings. The summed E-state index contributed by atoms with van der Waals surface area (Å²) < 4.78 is 0. The maximum absolute atomic E-state index is 9.54. The molecule has 134 valence electrons. The van der Waals surface area contributed by atoms with Crippen LogP contribution in [-0.4, -0.2) is 51.9 Å². The van der Waals surface area contributed by atoms with Crippen LogP contribution in [0.15, 0.2) is 58.5 Å². The molecule has 0 saturated heterocycles. The minimum atomic E-state index is -2.24. The Kier molecular flexibility index (Phi) is 9.93. The van der Waals surface area contributed by atoms with E-state index in [1.807, 2.05) is 22.0 Å². The van der Waals surface area contributed by atoms with Crippen molar-refractivity contribution in [1.29, 1.82) is 0 Å². The van der Waals surface area contributed by atoms with Crippen LogP contribution in [0.25, 0.3) is 0 Å². The Hall–Kier alpha value is -1.24. The van der Waals surface area contributed by atoms with Gasteiger partial charge in [-0.25, -0.2) is 0 Å².